The van der Waals surface area contributed by atoms with E-state index in [2.05, 4.69) is 32.1 Å². The first-order valence-corrected chi connectivity index (χ1v) is 6.19. The van der Waals surface area contributed by atoms with Crippen molar-refractivity contribution < 1.29 is 5.11 Å². The zero-order valence-electron chi connectivity index (χ0n) is 10.3. The number of fused-ring (bicyclic) bond motifs is 5. The van der Waals surface area contributed by atoms with Gasteiger partial charge >= 0.3 is 0 Å². The molecule has 2 bridgehead atoms. The van der Waals surface area contributed by atoms with Crippen LogP contribution in [0.5, 0.6) is 0 Å². The Bertz CT molecular complexity index is 435. The predicted octanol–water partition coefficient (Wildman–Crippen LogP) is 2.05. The number of hydrogen-bond donors (Lipinski definition) is 1. The second-order valence-corrected chi connectivity index (χ2v) is 6.06. The van der Waals surface area contributed by atoms with Crippen LogP contribution in [0.2, 0.25) is 0 Å². The number of aliphatic hydroxyl groups excluding tert-OH is 1. The molecule has 0 amide bonds. The maximum atomic E-state index is 8.96. The third kappa shape index (κ3) is 0.956. The van der Waals surface area contributed by atoms with Crippen molar-refractivity contribution in [2.24, 2.45) is 5.41 Å². The topological polar surface area (TPSA) is 38.0 Å². The van der Waals surface area contributed by atoms with Gasteiger partial charge in [-0.1, -0.05) is 20.8 Å². The van der Waals surface area contributed by atoms with Crippen LogP contribution in [0.25, 0.3) is 0 Å². The Morgan fingerprint density at radius 2 is 2.25 bits per heavy atom. The minimum Gasteiger partial charge on any atom is -0.394 e. The van der Waals surface area contributed by atoms with Gasteiger partial charge in [-0.25, -0.2) is 0 Å². The zero-order chi connectivity index (χ0) is 11.6. The number of hydrogen-bond acceptors (Lipinski definition) is 2. The van der Waals surface area contributed by atoms with Gasteiger partial charge in [0.25, 0.3) is 0 Å². The summed E-state index contributed by atoms with van der Waals surface area (Å²) in [5.74, 6) is 0.667. The van der Waals surface area contributed by atoms with Crippen LogP contribution in [0.15, 0.2) is 6.20 Å². The van der Waals surface area contributed by atoms with Crippen molar-refractivity contribution in [3.8, 4) is 0 Å². The molecule has 16 heavy (non-hydrogen) atoms. The van der Waals surface area contributed by atoms with Gasteiger partial charge in [-0.05, 0) is 29.7 Å². The molecular formula is C13H20N2O. The maximum absolute atomic E-state index is 8.96. The third-order valence-corrected chi connectivity index (χ3v) is 5.24. The summed E-state index contributed by atoms with van der Waals surface area (Å²) in [5.41, 5.74) is 3.32. The summed E-state index contributed by atoms with van der Waals surface area (Å²) in [6.45, 7) is 7.90. The first-order chi connectivity index (χ1) is 7.50. The molecule has 2 aliphatic rings. The molecule has 3 rings (SSSR count). The fourth-order valence-corrected chi connectivity index (χ4v) is 3.81. The van der Waals surface area contributed by atoms with Crippen molar-refractivity contribution >= 4 is 0 Å². The first-order valence-electron chi connectivity index (χ1n) is 6.19. The van der Waals surface area contributed by atoms with E-state index < -0.39 is 0 Å². The van der Waals surface area contributed by atoms with Crippen LogP contribution in [0.4, 0.5) is 0 Å². The lowest BCUT2D eigenvalue weighted by molar-refractivity contribution is 0.220. The Hall–Kier alpha value is -0.830. The summed E-state index contributed by atoms with van der Waals surface area (Å²) in [7, 11) is 0. The van der Waals surface area contributed by atoms with Crippen LogP contribution in [0.3, 0.4) is 0 Å². The molecule has 0 unspecified atom stereocenters. The van der Waals surface area contributed by atoms with Crippen LogP contribution in [-0.2, 0) is 12.0 Å². The van der Waals surface area contributed by atoms with E-state index in [0.29, 0.717) is 17.9 Å². The Morgan fingerprint density at radius 1 is 1.50 bits per heavy atom. The summed E-state index contributed by atoms with van der Waals surface area (Å²) < 4.78 is 1.91. The molecule has 3 heteroatoms. The standard InChI is InChI=1S/C13H20N2O/c1-12(2)10-4-5-13(12,3)11-9(10)8-15(14-11)6-7-16/h8,10,16H,4-7H2,1-3H3/t10-,13+/m1/s1. The van der Waals surface area contributed by atoms with E-state index in [1.807, 2.05) is 4.68 Å². The van der Waals surface area contributed by atoms with Crippen LogP contribution >= 0.6 is 0 Å². The molecule has 0 aliphatic heterocycles. The first kappa shape index (κ1) is 10.3. The Balaban J connectivity index is 2.10. The van der Waals surface area contributed by atoms with Crippen molar-refractivity contribution in [1.29, 1.82) is 0 Å². The normalized spacial score (nSPS) is 34.4. The molecule has 3 nitrogen and oxygen atoms in total. The Labute approximate surface area is 96.5 Å². The quantitative estimate of drug-likeness (QED) is 0.828. The van der Waals surface area contributed by atoms with Crippen molar-refractivity contribution in [3.63, 3.8) is 0 Å². The average molecular weight is 220 g/mol. The number of nitrogens with zero attached hydrogens (tertiary/aromatic N) is 2. The van der Waals surface area contributed by atoms with Crippen molar-refractivity contribution in [2.45, 2.75) is 51.5 Å². The minimum atomic E-state index is 0.172. The molecule has 0 radical (unpaired) electrons. The van der Waals surface area contributed by atoms with Crippen LogP contribution in [0, 0.1) is 5.41 Å². The molecule has 1 saturated carbocycles. The lowest BCUT2D eigenvalue weighted by Gasteiger charge is -2.34. The van der Waals surface area contributed by atoms with Crippen LogP contribution < -0.4 is 0 Å². The number of rotatable bonds is 2. The molecule has 1 heterocycles. The summed E-state index contributed by atoms with van der Waals surface area (Å²) in [5, 5.41) is 13.7. The van der Waals surface area contributed by atoms with Crippen LogP contribution in [-0.4, -0.2) is 21.5 Å². The van der Waals surface area contributed by atoms with Gasteiger partial charge in [0.15, 0.2) is 0 Å². The highest BCUT2D eigenvalue weighted by molar-refractivity contribution is 5.44. The molecule has 0 aromatic carbocycles. The van der Waals surface area contributed by atoms with Crippen molar-refractivity contribution in [3.05, 3.63) is 17.5 Å². The van der Waals surface area contributed by atoms with Gasteiger partial charge in [-0.2, -0.15) is 5.10 Å². The lowest BCUT2D eigenvalue weighted by atomic mass is 9.70. The van der Waals surface area contributed by atoms with Crippen molar-refractivity contribution in [2.75, 3.05) is 6.61 Å². The fourth-order valence-electron chi connectivity index (χ4n) is 3.81. The SMILES string of the molecule is CC1(C)[C@@H]2CC[C@@]1(C)c1nn(CCO)cc12. The molecule has 1 N–H and O–H groups in total. The van der Waals surface area contributed by atoms with E-state index in [0.717, 1.165) is 0 Å². The Kier molecular flexibility index (Phi) is 1.87. The molecule has 1 aromatic heterocycles. The van der Waals surface area contributed by atoms with Gasteiger partial charge < -0.3 is 5.11 Å². The van der Waals surface area contributed by atoms with Gasteiger partial charge in [-0.3, -0.25) is 4.68 Å². The maximum Gasteiger partial charge on any atom is 0.0724 e. The van der Waals surface area contributed by atoms with E-state index in [1.54, 1.807) is 0 Å². The molecular weight excluding hydrogens is 200 g/mol. The number of aliphatic hydroxyl groups is 1. The summed E-state index contributed by atoms with van der Waals surface area (Å²) in [4.78, 5) is 0. The predicted molar refractivity (Wildman–Crippen MR) is 62.4 cm³/mol. The van der Waals surface area contributed by atoms with Gasteiger partial charge in [0.2, 0.25) is 0 Å². The monoisotopic (exact) mass is 220 g/mol. The average Bonchev–Trinajstić information content (AvgIpc) is 2.75. The highest BCUT2D eigenvalue weighted by Crippen LogP contribution is 2.67. The highest BCUT2D eigenvalue weighted by Gasteiger charge is 2.61. The molecule has 1 fully saturated rings. The van der Waals surface area contributed by atoms with E-state index in [1.165, 1.54) is 24.1 Å². The van der Waals surface area contributed by atoms with Gasteiger partial charge in [0, 0.05) is 11.6 Å². The largest absolute Gasteiger partial charge is 0.394 e. The zero-order valence-corrected chi connectivity index (χ0v) is 10.3. The fraction of sp³-hybridized carbons (Fsp3) is 0.769. The third-order valence-electron chi connectivity index (χ3n) is 5.24. The second-order valence-electron chi connectivity index (χ2n) is 6.06. The van der Waals surface area contributed by atoms with Crippen LogP contribution in [0.1, 0.15) is 50.8 Å². The van der Waals surface area contributed by atoms with Crippen molar-refractivity contribution in [1.82, 2.24) is 9.78 Å². The second kappa shape index (κ2) is 2.89. The van der Waals surface area contributed by atoms with E-state index in [-0.39, 0.29) is 12.0 Å². The summed E-state index contributed by atoms with van der Waals surface area (Å²) >= 11 is 0. The van der Waals surface area contributed by atoms with E-state index >= 15 is 0 Å². The summed E-state index contributed by atoms with van der Waals surface area (Å²) in [6, 6.07) is 0. The van der Waals surface area contributed by atoms with E-state index in [9.17, 15) is 0 Å². The van der Waals surface area contributed by atoms with Gasteiger partial charge in [0.05, 0.1) is 18.8 Å². The molecule has 88 valence electrons. The molecule has 1 aromatic rings. The Morgan fingerprint density at radius 3 is 2.88 bits per heavy atom. The van der Waals surface area contributed by atoms with E-state index in [4.69, 9.17) is 5.11 Å². The minimum absolute atomic E-state index is 0.172. The molecule has 2 atom stereocenters. The number of aromatic nitrogens is 2. The molecule has 2 aliphatic carbocycles. The summed E-state index contributed by atoms with van der Waals surface area (Å²) in [6.07, 6.45) is 4.71. The lowest BCUT2D eigenvalue weighted by Crippen LogP contribution is -2.32. The molecule has 0 saturated heterocycles. The highest BCUT2D eigenvalue weighted by atomic mass is 16.3. The van der Waals surface area contributed by atoms with Gasteiger partial charge in [-0.15, -0.1) is 0 Å². The molecule has 0 spiro atoms. The smallest absolute Gasteiger partial charge is 0.0724 e. The van der Waals surface area contributed by atoms with Gasteiger partial charge in [0.1, 0.15) is 0 Å².